The summed E-state index contributed by atoms with van der Waals surface area (Å²) in [6, 6.07) is 9.71. The summed E-state index contributed by atoms with van der Waals surface area (Å²) in [6.07, 6.45) is 3.94. The predicted octanol–water partition coefficient (Wildman–Crippen LogP) is 3.52. The largest absolute Gasteiger partial charge is 0.445 e. The molecule has 24 heavy (non-hydrogen) atoms. The van der Waals surface area contributed by atoms with E-state index in [1.807, 2.05) is 35.2 Å². The zero-order valence-corrected chi connectivity index (χ0v) is 15.0. The summed E-state index contributed by atoms with van der Waals surface area (Å²) in [6.45, 7) is 0.259. The van der Waals surface area contributed by atoms with Gasteiger partial charge in [-0.3, -0.25) is 0 Å². The second-order valence-corrected chi connectivity index (χ2v) is 9.55. The first-order chi connectivity index (χ1) is 11.4. The number of hydrogen-bond acceptors (Lipinski definition) is 4. The van der Waals surface area contributed by atoms with E-state index in [9.17, 15) is 13.2 Å². The van der Waals surface area contributed by atoms with E-state index < -0.39 is 9.05 Å². The molecule has 2 unspecified atom stereocenters. The lowest BCUT2D eigenvalue weighted by Crippen LogP contribution is -2.55. The van der Waals surface area contributed by atoms with Crippen molar-refractivity contribution in [2.75, 3.05) is 5.75 Å². The fourth-order valence-electron chi connectivity index (χ4n) is 4.00. The molecule has 2 aliphatic heterocycles. The summed E-state index contributed by atoms with van der Waals surface area (Å²) >= 11 is 0. The lowest BCUT2D eigenvalue weighted by atomic mass is 9.79. The van der Waals surface area contributed by atoms with Crippen LogP contribution in [-0.2, 0) is 20.4 Å². The first-order valence-corrected chi connectivity index (χ1v) is 10.8. The van der Waals surface area contributed by atoms with E-state index in [0.29, 0.717) is 12.8 Å². The van der Waals surface area contributed by atoms with Crippen molar-refractivity contribution in [1.82, 2.24) is 4.90 Å². The van der Waals surface area contributed by atoms with Crippen LogP contribution in [0.2, 0.25) is 0 Å². The highest BCUT2D eigenvalue weighted by Crippen LogP contribution is 2.38. The normalized spacial score (nSPS) is 26.9. The molecule has 1 aromatic carbocycles. The molecule has 2 saturated heterocycles. The fraction of sp³-hybridized carbons (Fsp3) is 0.588. The Kier molecular flexibility index (Phi) is 5.35. The maximum absolute atomic E-state index is 12.5. The number of nitrogens with zero attached hydrogens (tertiary/aromatic N) is 1. The van der Waals surface area contributed by atoms with E-state index in [4.69, 9.17) is 15.4 Å². The van der Waals surface area contributed by atoms with Crippen molar-refractivity contribution in [3.8, 4) is 0 Å². The molecular formula is C17H22ClNO4S. The molecule has 2 aliphatic rings. The summed E-state index contributed by atoms with van der Waals surface area (Å²) in [4.78, 5) is 14.4. The Morgan fingerprint density at radius 3 is 2.38 bits per heavy atom. The van der Waals surface area contributed by atoms with Crippen LogP contribution in [0.15, 0.2) is 30.3 Å². The molecule has 0 N–H and O–H groups in total. The van der Waals surface area contributed by atoms with Gasteiger partial charge in [-0.2, -0.15) is 0 Å². The van der Waals surface area contributed by atoms with Gasteiger partial charge < -0.3 is 9.64 Å². The number of carbonyl (C=O) groups excluding carboxylic acids is 1. The molecule has 2 fully saturated rings. The van der Waals surface area contributed by atoms with Gasteiger partial charge >= 0.3 is 6.09 Å². The van der Waals surface area contributed by atoms with Crippen LogP contribution in [0.4, 0.5) is 4.79 Å². The van der Waals surface area contributed by atoms with Crippen molar-refractivity contribution in [3.05, 3.63) is 35.9 Å². The number of rotatable bonds is 4. The summed E-state index contributed by atoms with van der Waals surface area (Å²) in [5.74, 6) is 0.0232. The number of hydrogen-bond donors (Lipinski definition) is 0. The van der Waals surface area contributed by atoms with E-state index in [2.05, 4.69) is 0 Å². The molecule has 132 valence electrons. The summed E-state index contributed by atoms with van der Waals surface area (Å²) < 4.78 is 28.2. The van der Waals surface area contributed by atoms with Crippen LogP contribution in [-0.4, -0.2) is 37.2 Å². The van der Waals surface area contributed by atoms with Crippen molar-refractivity contribution in [2.45, 2.75) is 50.8 Å². The zero-order valence-electron chi connectivity index (χ0n) is 13.4. The Labute approximate surface area is 147 Å². The second kappa shape index (κ2) is 7.31. The molecule has 0 radical (unpaired) electrons. The van der Waals surface area contributed by atoms with Crippen molar-refractivity contribution < 1.29 is 17.9 Å². The third-order valence-corrected chi connectivity index (χ3v) is 6.17. The average molecular weight is 372 g/mol. The molecular weight excluding hydrogens is 350 g/mol. The molecule has 7 heteroatoms. The molecule has 1 amide bonds. The van der Waals surface area contributed by atoms with E-state index in [-0.39, 0.29) is 36.5 Å². The van der Waals surface area contributed by atoms with Gasteiger partial charge in [0.05, 0.1) is 5.75 Å². The highest BCUT2D eigenvalue weighted by Gasteiger charge is 2.42. The second-order valence-electron chi connectivity index (χ2n) is 6.73. The highest BCUT2D eigenvalue weighted by atomic mass is 35.7. The third-order valence-electron chi connectivity index (χ3n) is 4.92. The van der Waals surface area contributed by atoms with Crippen molar-refractivity contribution in [2.24, 2.45) is 5.92 Å². The SMILES string of the molecule is O=C(OCc1ccccc1)N1C2CCCC1CC(CS(=O)(=O)Cl)C2. The van der Waals surface area contributed by atoms with Gasteiger partial charge in [0.15, 0.2) is 0 Å². The quantitative estimate of drug-likeness (QED) is 0.759. The molecule has 0 spiro atoms. The van der Waals surface area contributed by atoms with Gasteiger partial charge in [0.2, 0.25) is 9.05 Å². The molecule has 0 saturated carbocycles. The van der Waals surface area contributed by atoms with Crippen molar-refractivity contribution >= 4 is 25.8 Å². The number of ether oxygens (including phenoxy) is 1. The van der Waals surface area contributed by atoms with Gasteiger partial charge in [-0.15, -0.1) is 0 Å². The number of carbonyl (C=O) groups is 1. The van der Waals surface area contributed by atoms with E-state index in [0.717, 1.165) is 24.8 Å². The zero-order chi connectivity index (χ0) is 17.2. The van der Waals surface area contributed by atoms with Crippen LogP contribution in [0.5, 0.6) is 0 Å². The number of piperidine rings is 2. The molecule has 3 rings (SSSR count). The lowest BCUT2D eigenvalue weighted by Gasteiger charge is -2.47. The number of amides is 1. The van der Waals surface area contributed by atoms with Crippen LogP contribution < -0.4 is 0 Å². The van der Waals surface area contributed by atoms with Crippen LogP contribution in [0.1, 0.15) is 37.7 Å². The van der Waals surface area contributed by atoms with Gasteiger partial charge in [0.25, 0.3) is 0 Å². The average Bonchev–Trinajstić information content (AvgIpc) is 2.51. The number of fused-ring (bicyclic) bond motifs is 2. The van der Waals surface area contributed by atoms with Gasteiger partial charge in [-0.05, 0) is 43.6 Å². The number of benzene rings is 1. The summed E-state index contributed by atoms with van der Waals surface area (Å²) in [5, 5.41) is 0. The molecule has 2 heterocycles. The van der Waals surface area contributed by atoms with Gasteiger partial charge in [-0.25, -0.2) is 13.2 Å². The fourth-order valence-corrected chi connectivity index (χ4v) is 5.37. The molecule has 1 aromatic rings. The Balaban J connectivity index is 1.62. The Morgan fingerprint density at radius 1 is 1.17 bits per heavy atom. The Morgan fingerprint density at radius 2 is 1.79 bits per heavy atom. The minimum Gasteiger partial charge on any atom is -0.445 e. The van der Waals surface area contributed by atoms with Crippen LogP contribution in [0.3, 0.4) is 0 Å². The van der Waals surface area contributed by atoms with Crippen molar-refractivity contribution in [3.63, 3.8) is 0 Å². The maximum atomic E-state index is 12.5. The summed E-state index contributed by atoms with van der Waals surface area (Å²) in [5.41, 5.74) is 0.958. The lowest BCUT2D eigenvalue weighted by molar-refractivity contribution is 0.00654. The topological polar surface area (TPSA) is 63.7 Å². The van der Waals surface area contributed by atoms with Crippen LogP contribution in [0.25, 0.3) is 0 Å². The van der Waals surface area contributed by atoms with E-state index >= 15 is 0 Å². The van der Waals surface area contributed by atoms with Gasteiger partial charge in [0.1, 0.15) is 6.61 Å². The van der Waals surface area contributed by atoms with Crippen LogP contribution >= 0.6 is 10.7 Å². The first kappa shape index (κ1) is 17.5. The van der Waals surface area contributed by atoms with E-state index in [1.54, 1.807) is 0 Å². The molecule has 2 bridgehead atoms. The smallest absolute Gasteiger partial charge is 0.410 e. The molecule has 5 nitrogen and oxygen atoms in total. The standard InChI is InChI=1S/C17H22ClNO4S/c18-24(21,22)12-14-9-15-7-4-8-16(10-14)19(15)17(20)23-11-13-5-2-1-3-6-13/h1-3,5-6,14-16H,4,7-12H2. The maximum Gasteiger partial charge on any atom is 0.410 e. The first-order valence-electron chi connectivity index (χ1n) is 8.34. The summed E-state index contributed by atoms with van der Waals surface area (Å²) in [7, 11) is 1.91. The van der Waals surface area contributed by atoms with Crippen molar-refractivity contribution in [1.29, 1.82) is 0 Å². The minimum absolute atomic E-state index is 0.00550. The third kappa shape index (κ3) is 4.42. The van der Waals surface area contributed by atoms with Crippen LogP contribution in [0, 0.1) is 5.92 Å². The molecule has 2 atom stereocenters. The minimum atomic E-state index is -3.50. The van der Waals surface area contributed by atoms with Gasteiger partial charge in [-0.1, -0.05) is 30.3 Å². The molecule has 0 aromatic heterocycles. The van der Waals surface area contributed by atoms with E-state index in [1.165, 1.54) is 0 Å². The molecule has 0 aliphatic carbocycles. The van der Waals surface area contributed by atoms with Gasteiger partial charge in [0, 0.05) is 22.8 Å². The highest BCUT2D eigenvalue weighted by molar-refractivity contribution is 8.13. The number of halogens is 1. The monoisotopic (exact) mass is 371 g/mol. The Hall–Kier alpha value is -1.27. The Bertz CT molecular complexity index is 665. The predicted molar refractivity (Wildman–Crippen MR) is 92.3 cm³/mol.